The second-order valence-electron chi connectivity index (χ2n) is 4.60. The number of aromatic amines is 1. The molecule has 0 amide bonds. The average molecular weight is 270 g/mol. The van der Waals surface area contributed by atoms with Crippen molar-refractivity contribution in [2.24, 2.45) is 0 Å². The first-order valence-electron chi connectivity index (χ1n) is 6.21. The van der Waals surface area contributed by atoms with Gasteiger partial charge in [0.1, 0.15) is 5.82 Å². The van der Waals surface area contributed by atoms with Crippen LogP contribution in [0.2, 0.25) is 0 Å². The van der Waals surface area contributed by atoms with Gasteiger partial charge in [0.15, 0.2) is 6.29 Å². The van der Waals surface area contributed by atoms with E-state index in [0.29, 0.717) is 6.29 Å². The van der Waals surface area contributed by atoms with Gasteiger partial charge in [-0.25, -0.2) is 4.39 Å². The van der Waals surface area contributed by atoms with Crippen LogP contribution in [0.15, 0.2) is 42.6 Å². The van der Waals surface area contributed by atoms with E-state index in [1.54, 1.807) is 6.07 Å². The second kappa shape index (κ2) is 6.10. The van der Waals surface area contributed by atoms with E-state index in [2.05, 4.69) is 29.3 Å². The highest BCUT2D eigenvalue weighted by Gasteiger charge is 1.98. The summed E-state index contributed by atoms with van der Waals surface area (Å²) in [7, 11) is 0. The van der Waals surface area contributed by atoms with Crippen LogP contribution in [0.25, 0.3) is 10.9 Å². The number of hydrogen-bond acceptors (Lipinski definition) is 2. The fourth-order valence-electron chi connectivity index (χ4n) is 1.82. The van der Waals surface area contributed by atoms with Crippen LogP contribution in [0, 0.1) is 19.7 Å². The fourth-order valence-corrected chi connectivity index (χ4v) is 1.82. The number of rotatable bonds is 1. The molecule has 0 radical (unpaired) electrons. The number of aldehydes is 1. The maximum Gasteiger partial charge on any atom is 0.153 e. The number of fused-ring (bicyclic) bond motifs is 1. The van der Waals surface area contributed by atoms with E-state index >= 15 is 0 Å². The molecule has 3 aromatic rings. The topological polar surface area (TPSA) is 45.8 Å². The number of hydrogen-bond donors (Lipinski definition) is 1. The number of nitrogens with one attached hydrogen (secondary N) is 1. The predicted octanol–water partition coefficient (Wildman–Crippen LogP) is 3.82. The number of carbonyl (C=O) groups is 1. The van der Waals surface area contributed by atoms with Gasteiger partial charge in [0.05, 0.1) is 17.3 Å². The molecular formula is C16H15FN2O. The molecule has 0 unspecified atom stereocenters. The van der Waals surface area contributed by atoms with Crippen LogP contribution in [-0.2, 0) is 0 Å². The molecule has 0 spiro atoms. The van der Waals surface area contributed by atoms with Crippen molar-refractivity contribution in [3.8, 4) is 0 Å². The minimum Gasteiger partial charge on any atom is -0.298 e. The minimum absolute atomic E-state index is 0.125. The Labute approximate surface area is 116 Å². The van der Waals surface area contributed by atoms with Gasteiger partial charge in [-0.1, -0.05) is 23.3 Å². The molecule has 1 heterocycles. The van der Waals surface area contributed by atoms with Crippen LogP contribution in [0.3, 0.4) is 0 Å². The Bertz CT molecular complexity index is 734. The quantitative estimate of drug-likeness (QED) is 0.683. The molecule has 0 atom stereocenters. The van der Waals surface area contributed by atoms with Crippen molar-refractivity contribution in [2.75, 3.05) is 0 Å². The maximum absolute atomic E-state index is 12.5. The summed E-state index contributed by atoms with van der Waals surface area (Å²) < 4.78 is 12.5. The van der Waals surface area contributed by atoms with Crippen LogP contribution in [0.5, 0.6) is 0 Å². The van der Waals surface area contributed by atoms with E-state index in [-0.39, 0.29) is 5.56 Å². The SMILES string of the molecule is Cc1ccc(F)c(C=O)c1.Cc1ccc2[nH]ncc2c1. The van der Waals surface area contributed by atoms with Crippen LogP contribution in [0.4, 0.5) is 4.39 Å². The predicted molar refractivity (Wildman–Crippen MR) is 77.4 cm³/mol. The minimum atomic E-state index is -0.458. The Balaban J connectivity index is 0.000000147. The van der Waals surface area contributed by atoms with E-state index in [1.165, 1.54) is 23.1 Å². The number of nitrogens with zero attached hydrogens (tertiary/aromatic N) is 1. The fraction of sp³-hybridized carbons (Fsp3) is 0.125. The van der Waals surface area contributed by atoms with Crippen molar-refractivity contribution in [1.82, 2.24) is 10.2 Å². The first-order chi connectivity index (χ1) is 9.60. The molecule has 4 heteroatoms. The van der Waals surface area contributed by atoms with Gasteiger partial charge >= 0.3 is 0 Å². The number of halogens is 1. The molecule has 0 fully saturated rings. The molecule has 1 aromatic heterocycles. The lowest BCUT2D eigenvalue weighted by molar-refractivity contribution is 0.111. The Kier molecular flexibility index (Phi) is 4.25. The molecule has 0 bridgehead atoms. The summed E-state index contributed by atoms with van der Waals surface area (Å²) >= 11 is 0. The monoisotopic (exact) mass is 270 g/mol. The smallest absolute Gasteiger partial charge is 0.153 e. The zero-order valence-electron chi connectivity index (χ0n) is 11.4. The zero-order valence-corrected chi connectivity index (χ0v) is 11.4. The lowest BCUT2D eigenvalue weighted by Crippen LogP contribution is -1.86. The average Bonchev–Trinajstić information content (AvgIpc) is 2.89. The highest BCUT2D eigenvalue weighted by Crippen LogP contribution is 2.11. The molecule has 1 N–H and O–H groups in total. The van der Waals surface area contributed by atoms with Crippen molar-refractivity contribution < 1.29 is 9.18 Å². The molecule has 3 rings (SSSR count). The van der Waals surface area contributed by atoms with Crippen molar-refractivity contribution in [1.29, 1.82) is 0 Å². The molecule has 0 saturated heterocycles. The molecular weight excluding hydrogens is 255 g/mol. The standard InChI is InChI=1S/C8H7FO.C8H8N2/c1-6-2-3-8(9)7(4-6)5-10;1-6-2-3-8-7(4-6)5-9-10-8/h2-5H,1H3;2-5H,1H3,(H,9,10). The first-order valence-corrected chi connectivity index (χ1v) is 6.21. The first kappa shape index (κ1) is 13.9. The van der Waals surface area contributed by atoms with Gasteiger partial charge in [0.25, 0.3) is 0 Å². The summed E-state index contributed by atoms with van der Waals surface area (Å²) in [4.78, 5) is 10.1. The van der Waals surface area contributed by atoms with Crippen LogP contribution in [0.1, 0.15) is 21.5 Å². The Morgan fingerprint density at radius 3 is 2.50 bits per heavy atom. The van der Waals surface area contributed by atoms with E-state index < -0.39 is 5.82 Å². The summed E-state index contributed by atoms with van der Waals surface area (Å²) in [6.07, 6.45) is 2.35. The number of aromatic nitrogens is 2. The Hall–Kier alpha value is -2.49. The van der Waals surface area contributed by atoms with Gasteiger partial charge in [-0.3, -0.25) is 9.89 Å². The molecule has 0 aliphatic rings. The van der Waals surface area contributed by atoms with E-state index in [0.717, 1.165) is 11.1 Å². The lowest BCUT2D eigenvalue weighted by atomic mass is 10.1. The highest BCUT2D eigenvalue weighted by molar-refractivity contribution is 5.78. The van der Waals surface area contributed by atoms with Crippen LogP contribution >= 0.6 is 0 Å². The third-order valence-corrected chi connectivity index (χ3v) is 2.87. The molecule has 3 nitrogen and oxygen atoms in total. The van der Waals surface area contributed by atoms with Crippen LogP contribution in [-0.4, -0.2) is 16.5 Å². The van der Waals surface area contributed by atoms with Crippen molar-refractivity contribution >= 4 is 17.2 Å². The van der Waals surface area contributed by atoms with Crippen molar-refractivity contribution in [3.05, 3.63) is 65.1 Å². The summed E-state index contributed by atoms with van der Waals surface area (Å²) in [5.41, 5.74) is 3.39. The number of H-pyrrole nitrogens is 1. The lowest BCUT2D eigenvalue weighted by Gasteiger charge is -1.94. The largest absolute Gasteiger partial charge is 0.298 e. The molecule has 0 aliphatic carbocycles. The molecule has 0 saturated carbocycles. The van der Waals surface area contributed by atoms with Crippen molar-refractivity contribution in [3.63, 3.8) is 0 Å². The van der Waals surface area contributed by atoms with Gasteiger partial charge in [0, 0.05) is 5.39 Å². The normalized spacial score (nSPS) is 9.95. The zero-order chi connectivity index (χ0) is 14.5. The summed E-state index contributed by atoms with van der Waals surface area (Å²) in [5, 5.41) is 7.99. The van der Waals surface area contributed by atoms with Crippen LogP contribution < -0.4 is 0 Å². The van der Waals surface area contributed by atoms with Gasteiger partial charge in [-0.15, -0.1) is 0 Å². The summed E-state index contributed by atoms with van der Waals surface area (Å²) in [5.74, 6) is -0.458. The third kappa shape index (κ3) is 3.29. The maximum atomic E-state index is 12.5. The Morgan fingerprint density at radius 1 is 1.10 bits per heavy atom. The number of carbonyl (C=O) groups excluding carboxylic acids is 1. The van der Waals surface area contributed by atoms with E-state index in [9.17, 15) is 9.18 Å². The van der Waals surface area contributed by atoms with Crippen molar-refractivity contribution in [2.45, 2.75) is 13.8 Å². The van der Waals surface area contributed by atoms with Gasteiger partial charge < -0.3 is 0 Å². The Morgan fingerprint density at radius 2 is 1.80 bits per heavy atom. The molecule has 102 valence electrons. The number of aryl methyl sites for hydroxylation is 2. The second-order valence-corrected chi connectivity index (χ2v) is 4.60. The number of benzene rings is 2. The van der Waals surface area contributed by atoms with E-state index in [4.69, 9.17) is 0 Å². The van der Waals surface area contributed by atoms with E-state index in [1.807, 2.05) is 19.2 Å². The third-order valence-electron chi connectivity index (χ3n) is 2.87. The van der Waals surface area contributed by atoms with Gasteiger partial charge in [-0.05, 0) is 38.1 Å². The van der Waals surface area contributed by atoms with Gasteiger partial charge in [-0.2, -0.15) is 5.10 Å². The molecule has 2 aromatic carbocycles. The molecule has 0 aliphatic heterocycles. The van der Waals surface area contributed by atoms with Gasteiger partial charge in [0.2, 0.25) is 0 Å². The summed E-state index contributed by atoms with van der Waals surface area (Å²) in [6, 6.07) is 10.7. The molecule has 20 heavy (non-hydrogen) atoms. The summed E-state index contributed by atoms with van der Waals surface area (Å²) in [6.45, 7) is 3.89. The highest BCUT2D eigenvalue weighted by atomic mass is 19.1.